The zero-order valence-corrected chi connectivity index (χ0v) is 25.7. The molecular formula is C33H46O8. The molecular weight excluding hydrogens is 524 g/mol. The highest BCUT2D eigenvalue weighted by molar-refractivity contribution is 6.09. The first kappa shape index (κ1) is 30.0. The van der Waals surface area contributed by atoms with Gasteiger partial charge in [0.25, 0.3) is 0 Å². The number of hydrogen-bond acceptors (Lipinski definition) is 8. The molecule has 0 saturated heterocycles. The van der Waals surface area contributed by atoms with Crippen LogP contribution in [0.15, 0.2) is 11.1 Å². The van der Waals surface area contributed by atoms with Crippen molar-refractivity contribution in [1.29, 1.82) is 0 Å². The second kappa shape index (κ2) is 10.3. The molecule has 0 unspecified atom stereocenters. The van der Waals surface area contributed by atoms with E-state index in [1.165, 1.54) is 20.8 Å². The molecule has 41 heavy (non-hydrogen) atoms. The second-order valence-electron chi connectivity index (χ2n) is 14.2. The minimum Gasteiger partial charge on any atom is -0.466 e. The topological polar surface area (TPSA) is 113 Å². The van der Waals surface area contributed by atoms with Crippen LogP contribution in [-0.2, 0) is 38.2 Å². The van der Waals surface area contributed by atoms with E-state index >= 15 is 0 Å². The minimum absolute atomic E-state index is 0.000975. The summed E-state index contributed by atoms with van der Waals surface area (Å²) in [6.45, 7) is 12.4. The van der Waals surface area contributed by atoms with Crippen molar-refractivity contribution >= 4 is 29.5 Å². The average Bonchev–Trinajstić information content (AvgIpc) is 3.30. The standard InChI is InChI=1S/C33H46O8/c1-17(16-39-19(3)34)15-33(41-21(5)36)27-13-26-24-9-8-22-12-23(40-20(4)35)10-11-31(22,6)25(24)14-28(37)32(26,7)29(27)18(2)30(33)38/h17,22-27H,8-16H2,1-7H3/t17-,22+,23+,24-,25+,26+,27+,31+,32-,33-/m1/s1. The molecule has 4 fully saturated rings. The molecule has 0 spiro atoms. The first-order chi connectivity index (χ1) is 19.1. The lowest BCUT2D eigenvalue weighted by atomic mass is 9.44. The van der Waals surface area contributed by atoms with Gasteiger partial charge in [-0.15, -0.1) is 0 Å². The molecule has 0 N–H and O–H groups in total. The van der Waals surface area contributed by atoms with Crippen LogP contribution in [0.3, 0.4) is 0 Å². The van der Waals surface area contributed by atoms with E-state index in [0.717, 1.165) is 37.7 Å². The molecule has 8 nitrogen and oxygen atoms in total. The van der Waals surface area contributed by atoms with Gasteiger partial charge in [0.1, 0.15) is 11.9 Å². The van der Waals surface area contributed by atoms with Crippen LogP contribution in [0.2, 0.25) is 0 Å². The van der Waals surface area contributed by atoms with Crippen LogP contribution in [-0.4, -0.2) is 47.8 Å². The van der Waals surface area contributed by atoms with Crippen LogP contribution in [0.25, 0.3) is 0 Å². The number of rotatable bonds is 6. The Morgan fingerprint density at radius 3 is 2.29 bits per heavy atom. The molecule has 10 atom stereocenters. The van der Waals surface area contributed by atoms with E-state index in [9.17, 15) is 24.0 Å². The molecule has 0 bridgehead atoms. The number of esters is 3. The van der Waals surface area contributed by atoms with Gasteiger partial charge in [-0.3, -0.25) is 24.0 Å². The Kier molecular flexibility index (Phi) is 7.56. The molecule has 0 aliphatic heterocycles. The molecule has 0 aromatic carbocycles. The number of fused-ring (bicyclic) bond motifs is 7. The Labute approximate surface area is 243 Å². The lowest BCUT2D eigenvalue weighted by Crippen LogP contribution is -2.56. The molecule has 0 aromatic heterocycles. The van der Waals surface area contributed by atoms with Gasteiger partial charge in [0.05, 0.1) is 12.0 Å². The number of carbonyl (C=O) groups excluding carboxylic acids is 5. The molecule has 8 heteroatoms. The van der Waals surface area contributed by atoms with Crippen LogP contribution in [0.1, 0.15) is 99.8 Å². The van der Waals surface area contributed by atoms with Crippen molar-refractivity contribution in [3.8, 4) is 0 Å². The Morgan fingerprint density at radius 1 is 0.951 bits per heavy atom. The summed E-state index contributed by atoms with van der Waals surface area (Å²) in [5.74, 6) is -0.682. The summed E-state index contributed by atoms with van der Waals surface area (Å²) in [5.41, 5.74) is -0.703. The third kappa shape index (κ3) is 4.58. The second-order valence-corrected chi connectivity index (χ2v) is 14.2. The molecule has 0 amide bonds. The molecule has 5 rings (SSSR count). The normalized spacial score (nSPS) is 42.0. The monoisotopic (exact) mass is 570 g/mol. The van der Waals surface area contributed by atoms with Crippen LogP contribution < -0.4 is 0 Å². The van der Waals surface area contributed by atoms with E-state index in [0.29, 0.717) is 30.3 Å². The van der Waals surface area contributed by atoms with E-state index in [4.69, 9.17) is 14.2 Å². The van der Waals surface area contributed by atoms with E-state index in [1.807, 2.05) is 13.8 Å². The summed E-state index contributed by atoms with van der Waals surface area (Å²) in [6.07, 6.45) is 5.96. The Bertz CT molecular complexity index is 1200. The maximum atomic E-state index is 14.3. The first-order valence-corrected chi connectivity index (χ1v) is 15.4. The molecule has 0 heterocycles. The smallest absolute Gasteiger partial charge is 0.303 e. The summed E-state index contributed by atoms with van der Waals surface area (Å²) < 4.78 is 16.9. The summed E-state index contributed by atoms with van der Waals surface area (Å²) in [4.78, 5) is 63.9. The number of carbonyl (C=O) groups is 5. The average molecular weight is 571 g/mol. The van der Waals surface area contributed by atoms with Crippen molar-refractivity contribution in [1.82, 2.24) is 0 Å². The van der Waals surface area contributed by atoms with Crippen molar-refractivity contribution in [2.75, 3.05) is 6.61 Å². The van der Waals surface area contributed by atoms with Crippen LogP contribution in [0.4, 0.5) is 0 Å². The lowest BCUT2D eigenvalue weighted by Gasteiger charge is -2.60. The highest BCUT2D eigenvalue weighted by Gasteiger charge is 2.71. The fourth-order valence-electron chi connectivity index (χ4n) is 10.3. The van der Waals surface area contributed by atoms with Crippen LogP contribution in [0.5, 0.6) is 0 Å². The third-order valence-corrected chi connectivity index (χ3v) is 11.9. The highest BCUT2D eigenvalue weighted by Crippen LogP contribution is 2.70. The molecule has 4 saturated carbocycles. The van der Waals surface area contributed by atoms with Crippen LogP contribution in [0, 0.1) is 46.3 Å². The van der Waals surface area contributed by atoms with Crippen molar-refractivity contribution in [2.45, 2.75) is 112 Å². The van der Waals surface area contributed by atoms with E-state index in [2.05, 4.69) is 6.92 Å². The maximum Gasteiger partial charge on any atom is 0.303 e. The maximum absolute atomic E-state index is 14.3. The largest absolute Gasteiger partial charge is 0.466 e. The summed E-state index contributed by atoms with van der Waals surface area (Å²) in [5, 5.41) is 0. The van der Waals surface area contributed by atoms with Gasteiger partial charge in [-0.1, -0.05) is 13.8 Å². The van der Waals surface area contributed by atoms with E-state index in [-0.39, 0.29) is 65.8 Å². The number of hydrogen-bond donors (Lipinski definition) is 0. The van der Waals surface area contributed by atoms with Gasteiger partial charge < -0.3 is 14.2 Å². The fraction of sp³-hybridized carbons (Fsp3) is 0.788. The van der Waals surface area contributed by atoms with E-state index < -0.39 is 23.0 Å². The number of Topliss-reactive ketones (excluding diaryl/α,β-unsaturated/α-hetero) is 2. The predicted octanol–water partition coefficient (Wildman–Crippen LogP) is 5.16. The van der Waals surface area contributed by atoms with Gasteiger partial charge in [-0.2, -0.15) is 0 Å². The van der Waals surface area contributed by atoms with Crippen molar-refractivity contribution < 1.29 is 38.2 Å². The Morgan fingerprint density at radius 2 is 1.66 bits per heavy atom. The number of ether oxygens (including phenoxy) is 3. The lowest BCUT2D eigenvalue weighted by molar-refractivity contribution is -0.171. The van der Waals surface area contributed by atoms with Crippen molar-refractivity contribution in [3.05, 3.63) is 11.1 Å². The molecule has 0 radical (unpaired) electrons. The number of ketones is 2. The third-order valence-electron chi connectivity index (χ3n) is 11.9. The van der Waals surface area contributed by atoms with E-state index in [1.54, 1.807) is 6.92 Å². The van der Waals surface area contributed by atoms with Crippen LogP contribution >= 0.6 is 0 Å². The van der Waals surface area contributed by atoms with Gasteiger partial charge in [-0.25, -0.2) is 0 Å². The fourth-order valence-corrected chi connectivity index (χ4v) is 10.3. The SMILES string of the molecule is CC(=O)OC[C@H](C)C[C@]1(OC(C)=O)C(=O)C(C)=C2[C@@H]1C[C@H]1[C@@H]3CC[C@H]4C[C@@H](OC(C)=O)CC[C@]4(C)[C@H]3CC(=O)[C@]21C. The summed E-state index contributed by atoms with van der Waals surface area (Å²) >= 11 is 0. The summed E-state index contributed by atoms with van der Waals surface area (Å²) in [6, 6.07) is 0. The molecule has 5 aliphatic rings. The molecule has 226 valence electrons. The first-order valence-electron chi connectivity index (χ1n) is 15.4. The Hall–Kier alpha value is -2.51. The highest BCUT2D eigenvalue weighted by atomic mass is 16.6. The zero-order chi connectivity index (χ0) is 30.1. The van der Waals surface area contributed by atoms with Crippen molar-refractivity contribution in [2.24, 2.45) is 46.3 Å². The molecule has 0 aromatic rings. The Balaban J connectivity index is 1.48. The zero-order valence-electron chi connectivity index (χ0n) is 25.7. The van der Waals surface area contributed by atoms with Crippen molar-refractivity contribution in [3.63, 3.8) is 0 Å². The van der Waals surface area contributed by atoms with Gasteiger partial charge in [-0.05, 0) is 98.5 Å². The predicted molar refractivity (Wildman–Crippen MR) is 149 cm³/mol. The van der Waals surface area contributed by atoms with Gasteiger partial charge in [0.15, 0.2) is 5.60 Å². The van der Waals surface area contributed by atoms with Gasteiger partial charge in [0, 0.05) is 39.5 Å². The molecule has 5 aliphatic carbocycles. The summed E-state index contributed by atoms with van der Waals surface area (Å²) in [7, 11) is 0. The van der Waals surface area contributed by atoms with Gasteiger partial charge >= 0.3 is 17.9 Å². The van der Waals surface area contributed by atoms with Gasteiger partial charge in [0.2, 0.25) is 5.78 Å². The minimum atomic E-state index is -1.38. The quantitative estimate of drug-likeness (QED) is 0.318.